The second kappa shape index (κ2) is 12.8. The number of amides is 1. The summed E-state index contributed by atoms with van der Waals surface area (Å²) in [5.41, 5.74) is 3.90. The molecule has 2 atom stereocenters. The molecule has 3 aromatic rings. The summed E-state index contributed by atoms with van der Waals surface area (Å²) in [6.45, 7) is 14.2. The summed E-state index contributed by atoms with van der Waals surface area (Å²) in [6, 6.07) is 21.0. The minimum absolute atomic E-state index is 0. The molecule has 3 aromatic carbocycles. The minimum Gasteiger partial charge on any atom is -0.371 e. The van der Waals surface area contributed by atoms with E-state index in [9.17, 15) is 4.79 Å². The SMILES string of the molecule is C=CCC(CCC)N(C)c1ccc(C)c(C(=O)N[C@H](C)c2cccc3ccccc23)c1.CC.[HH]. The Balaban J connectivity index is 0.00000188. The first-order valence-corrected chi connectivity index (χ1v) is 12.2. The molecule has 0 saturated carbocycles. The van der Waals surface area contributed by atoms with E-state index in [0.717, 1.165) is 41.6 Å². The van der Waals surface area contributed by atoms with E-state index in [-0.39, 0.29) is 13.4 Å². The molecule has 33 heavy (non-hydrogen) atoms. The van der Waals surface area contributed by atoms with Crippen molar-refractivity contribution in [2.75, 3.05) is 11.9 Å². The summed E-state index contributed by atoms with van der Waals surface area (Å²) in [5, 5.41) is 5.58. The van der Waals surface area contributed by atoms with E-state index in [1.54, 1.807) is 0 Å². The lowest BCUT2D eigenvalue weighted by Crippen LogP contribution is -2.32. The number of hydrogen-bond donors (Lipinski definition) is 1. The topological polar surface area (TPSA) is 32.3 Å². The second-order valence-electron chi connectivity index (χ2n) is 8.34. The Morgan fingerprint density at radius 2 is 1.82 bits per heavy atom. The Hall–Kier alpha value is -3.07. The number of carbonyl (C=O) groups excluding carboxylic acids is 1. The van der Waals surface area contributed by atoms with Crippen molar-refractivity contribution in [2.45, 2.75) is 66.0 Å². The summed E-state index contributed by atoms with van der Waals surface area (Å²) in [5.74, 6) is -0.0380. The van der Waals surface area contributed by atoms with Gasteiger partial charge in [-0.2, -0.15) is 0 Å². The smallest absolute Gasteiger partial charge is 0.252 e. The molecule has 0 spiro atoms. The maximum atomic E-state index is 13.2. The molecular weight excluding hydrogens is 404 g/mol. The van der Waals surface area contributed by atoms with Gasteiger partial charge in [-0.3, -0.25) is 4.79 Å². The molecule has 0 aromatic heterocycles. The first-order valence-electron chi connectivity index (χ1n) is 12.2. The molecule has 0 radical (unpaired) electrons. The first kappa shape index (κ1) is 26.2. The Kier molecular flexibility index (Phi) is 10.2. The van der Waals surface area contributed by atoms with Crippen molar-refractivity contribution < 1.29 is 6.22 Å². The highest BCUT2D eigenvalue weighted by Crippen LogP contribution is 2.26. The number of rotatable bonds is 9. The van der Waals surface area contributed by atoms with Crippen molar-refractivity contribution in [3.8, 4) is 0 Å². The number of aryl methyl sites for hydroxylation is 1. The molecule has 1 amide bonds. The van der Waals surface area contributed by atoms with Gasteiger partial charge in [0.05, 0.1) is 6.04 Å². The molecule has 0 fully saturated rings. The van der Waals surface area contributed by atoms with Crippen LogP contribution in [0.15, 0.2) is 73.3 Å². The van der Waals surface area contributed by atoms with Crippen molar-refractivity contribution in [1.82, 2.24) is 5.32 Å². The van der Waals surface area contributed by atoms with E-state index in [1.165, 1.54) is 10.8 Å². The molecule has 0 aliphatic heterocycles. The average Bonchev–Trinajstić information content (AvgIpc) is 2.84. The molecule has 3 nitrogen and oxygen atoms in total. The Morgan fingerprint density at radius 1 is 1.12 bits per heavy atom. The number of benzene rings is 3. The Bertz CT molecular complexity index is 1060. The highest BCUT2D eigenvalue weighted by molar-refractivity contribution is 5.97. The van der Waals surface area contributed by atoms with Crippen LogP contribution in [0.3, 0.4) is 0 Å². The lowest BCUT2D eigenvalue weighted by Gasteiger charge is -2.30. The van der Waals surface area contributed by atoms with Gasteiger partial charge in [0.15, 0.2) is 0 Å². The van der Waals surface area contributed by atoms with Crippen LogP contribution in [0, 0.1) is 6.92 Å². The van der Waals surface area contributed by atoms with E-state index < -0.39 is 0 Å². The fourth-order valence-corrected chi connectivity index (χ4v) is 4.26. The highest BCUT2D eigenvalue weighted by atomic mass is 16.1. The lowest BCUT2D eigenvalue weighted by atomic mass is 9.99. The van der Waals surface area contributed by atoms with Gasteiger partial charge in [0.1, 0.15) is 0 Å². The third-order valence-electron chi connectivity index (χ3n) is 6.12. The van der Waals surface area contributed by atoms with Crippen molar-refractivity contribution in [3.05, 3.63) is 90.0 Å². The van der Waals surface area contributed by atoms with E-state index in [1.807, 2.05) is 58.0 Å². The van der Waals surface area contributed by atoms with Crippen LogP contribution in [0.25, 0.3) is 10.8 Å². The van der Waals surface area contributed by atoms with Crippen molar-refractivity contribution >= 4 is 22.4 Å². The zero-order valence-corrected chi connectivity index (χ0v) is 21.2. The van der Waals surface area contributed by atoms with Crippen molar-refractivity contribution in [1.29, 1.82) is 0 Å². The molecule has 3 heteroatoms. The van der Waals surface area contributed by atoms with Gasteiger partial charge in [-0.25, -0.2) is 0 Å². The van der Waals surface area contributed by atoms with Gasteiger partial charge in [0.2, 0.25) is 0 Å². The zero-order valence-electron chi connectivity index (χ0n) is 21.2. The normalized spacial score (nSPS) is 12.3. The number of carbonyl (C=O) groups is 1. The molecule has 178 valence electrons. The number of nitrogens with zero attached hydrogens (tertiary/aromatic N) is 1. The standard InChI is InChI=1S/C28H34N2O.C2H6.H2/c1-6-11-23(12-7-2)30(5)24-18-17-20(3)27(19-24)28(31)29-21(4)25-16-10-14-22-13-8-9-15-26(22)25;1-2;/h6,8-10,13-19,21,23H,1,7,11-12H2,2-5H3,(H,29,31);1-2H3;1H/t21-,23?;;/m1../s1. The second-order valence-corrected chi connectivity index (χ2v) is 8.34. The van der Waals surface area contributed by atoms with Gasteiger partial charge in [-0.1, -0.05) is 81.8 Å². The summed E-state index contributed by atoms with van der Waals surface area (Å²) in [7, 11) is 2.11. The van der Waals surface area contributed by atoms with Crippen LogP contribution in [-0.2, 0) is 0 Å². The molecule has 3 rings (SSSR count). The predicted molar refractivity (Wildman–Crippen MR) is 146 cm³/mol. The minimum atomic E-state index is -0.0898. The summed E-state index contributed by atoms with van der Waals surface area (Å²) in [4.78, 5) is 15.5. The van der Waals surface area contributed by atoms with E-state index in [0.29, 0.717) is 6.04 Å². The maximum Gasteiger partial charge on any atom is 0.252 e. The van der Waals surface area contributed by atoms with Crippen LogP contribution in [0.5, 0.6) is 0 Å². The maximum absolute atomic E-state index is 13.2. The van der Waals surface area contributed by atoms with Crippen molar-refractivity contribution in [2.24, 2.45) is 0 Å². The van der Waals surface area contributed by atoms with Crippen LogP contribution in [-0.4, -0.2) is 19.0 Å². The number of hydrogen-bond acceptors (Lipinski definition) is 2. The van der Waals surface area contributed by atoms with Crippen LogP contribution < -0.4 is 10.2 Å². The van der Waals surface area contributed by atoms with Gasteiger partial charge in [-0.15, -0.1) is 6.58 Å². The summed E-state index contributed by atoms with van der Waals surface area (Å²) in [6.07, 6.45) is 5.11. The van der Waals surface area contributed by atoms with Gasteiger partial charge >= 0.3 is 0 Å². The largest absolute Gasteiger partial charge is 0.371 e. The van der Waals surface area contributed by atoms with Crippen LogP contribution in [0.4, 0.5) is 5.69 Å². The molecule has 0 heterocycles. The number of fused-ring (bicyclic) bond motifs is 1. The quantitative estimate of drug-likeness (QED) is 0.337. The van der Waals surface area contributed by atoms with Gasteiger partial charge < -0.3 is 10.2 Å². The van der Waals surface area contributed by atoms with E-state index in [2.05, 4.69) is 67.2 Å². The van der Waals surface area contributed by atoms with E-state index >= 15 is 0 Å². The molecule has 1 unspecified atom stereocenters. The lowest BCUT2D eigenvalue weighted by molar-refractivity contribution is 0.0939. The van der Waals surface area contributed by atoms with E-state index in [4.69, 9.17) is 0 Å². The molecule has 0 bridgehead atoms. The van der Waals surface area contributed by atoms with Crippen LogP contribution in [0.2, 0.25) is 0 Å². The van der Waals surface area contributed by atoms with Crippen molar-refractivity contribution in [3.63, 3.8) is 0 Å². The molecule has 0 aliphatic carbocycles. The fourth-order valence-electron chi connectivity index (χ4n) is 4.26. The molecule has 1 N–H and O–H groups in total. The number of nitrogens with one attached hydrogen (secondary N) is 1. The van der Waals surface area contributed by atoms with Crippen LogP contribution in [0.1, 0.15) is 75.9 Å². The predicted octanol–water partition coefficient (Wildman–Crippen LogP) is 8.09. The monoisotopic (exact) mass is 446 g/mol. The third-order valence-corrected chi connectivity index (χ3v) is 6.12. The summed E-state index contributed by atoms with van der Waals surface area (Å²) < 4.78 is 0. The third kappa shape index (κ3) is 6.47. The fraction of sp³-hybridized carbons (Fsp3) is 0.367. The van der Waals surface area contributed by atoms with Gasteiger partial charge in [0.25, 0.3) is 5.91 Å². The Morgan fingerprint density at radius 3 is 2.52 bits per heavy atom. The average molecular weight is 447 g/mol. The van der Waals surface area contributed by atoms with Crippen LogP contribution >= 0.6 is 0 Å². The number of anilines is 1. The van der Waals surface area contributed by atoms with Gasteiger partial charge in [-0.05, 0) is 60.7 Å². The summed E-state index contributed by atoms with van der Waals surface area (Å²) >= 11 is 0. The molecular formula is C30H42N2O. The zero-order chi connectivity index (χ0) is 24.4. The van der Waals surface area contributed by atoms with Gasteiger partial charge in [0, 0.05) is 25.8 Å². The molecule has 0 saturated heterocycles. The first-order chi connectivity index (χ1) is 16.0. The Labute approximate surface area is 202 Å². The highest BCUT2D eigenvalue weighted by Gasteiger charge is 2.18. The molecule has 0 aliphatic rings.